The molecule has 0 aliphatic carbocycles. The minimum atomic E-state index is -0.362. The molecule has 0 fully saturated rings. The van der Waals surface area contributed by atoms with Gasteiger partial charge in [0.2, 0.25) is 0 Å². The Kier molecular flexibility index (Phi) is 2.88. The minimum absolute atomic E-state index is 0.251. The fourth-order valence-electron chi connectivity index (χ4n) is 2.05. The molecule has 0 spiro atoms. The Labute approximate surface area is 101 Å². The standard InChI is InChI=1S/C15H16FN/c1-15(2,11-6-4-3-5-7-11)13-9-8-12(17)10-14(13)16/h3-10H,17H2,1-2H3. The van der Waals surface area contributed by atoms with E-state index >= 15 is 0 Å². The van der Waals surface area contributed by atoms with Crippen molar-refractivity contribution in [2.75, 3.05) is 5.73 Å². The highest BCUT2D eigenvalue weighted by Crippen LogP contribution is 2.33. The lowest BCUT2D eigenvalue weighted by molar-refractivity contribution is 0.549. The van der Waals surface area contributed by atoms with Gasteiger partial charge < -0.3 is 5.73 Å². The van der Waals surface area contributed by atoms with E-state index in [9.17, 15) is 4.39 Å². The second-order valence-electron chi connectivity index (χ2n) is 4.73. The summed E-state index contributed by atoms with van der Waals surface area (Å²) in [5.74, 6) is -0.251. The van der Waals surface area contributed by atoms with Gasteiger partial charge in [-0.1, -0.05) is 50.2 Å². The molecule has 2 aromatic carbocycles. The maximum Gasteiger partial charge on any atom is 0.129 e. The van der Waals surface area contributed by atoms with Gasteiger partial charge in [0.1, 0.15) is 5.82 Å². The van der Waals surface area contributed by atoms with Crippen LogP contribution in [0.4, 0.5) is 10.1 Å². The number of rotatable bonds is 2. The third-order valence-electron chi connectivity index (χ3n) is 3.16. The monoisotopic (exact) mass is 229 g/mol. The van der Waals surface area contributed by atoms with Crippen molar-refractivity contribution in [1.82, 2.24) is 0 Å². The van der Waals surface area contributed by atoms with Crippen molar-refractivity contribution >= 4 is 5.69 Å². The molecular formula is C15H16FN. The second-order valence-corrected chi connectivity index (χ2v) is 4.73. The lowest BCUT2D eigenvalue weighted by Crippen LogP contribution is -2.20. The van der Waals surface area contributed by atoms with Crippen LogP contribution in [0.25, 0.3) is 0 Å². The number of nitrogen functional groups attached to an aromatic ring is 1. The maximum absolute atomic E-state index is 14.0. The smallest absolute Gasteiger partial charge is 0.129 e. The average Bonchev–Trinajstić information content (AvgIpc) is 2.29. The molecule has 0 aliphatic heterocycles. The normalized spacial score (nSPS) is 11.5. The first-order valence-corrected chi connectivity index (χ1v) is 5.63. The molecule has 2 N–H and O–H groups in total. The SMILES string of the molecule is CC(C)(c1ccccc1)c1ccc(N)cc1F. The van der Waals surface area contributed by atoms with Crippen molar-refractivity contribution < 1.29 is 4.39 Å². The van der Waals surface area contributed by atoms with Gasteiger partial charge in [0.25, 0.3) is 0 Å². The number of benzene rings is 2. The van der Waals surface area contributed by atoms with Gasteiger partial charge in [0.15, 0.2) is 0 Å². The maximum atomic E-state index is 14.0. The molecule has 0 amide bonds. The molecule has 88 valence electrons. The van der Waals surface area contributed by atoms with Crippen LogP contribution in [-0.2, 0) is 5.41 Å². The van der Waals surface area contributed by atoms with Gasteiger partial charge in [0, 0.05) is 11.1 Å². The Morgan fingerprint density at radius 1 is 1.00 bits per heavy atom. The van der Waals surface area contributed by atoms with Crippen molar-refractivity contribution in [3.63, 3.8) is 0 Å². The van der Waals surface area contributed by atoms with Crippen LogP contribution in [-0.4, -0.2) is 0 Å². The second kappa shape index (κ2) is 4.21. The molecule has 0 atom stereocenters. The van der Waals surface area contributed by atoms with E-state index in [1.165, 1.54) is 6.07 Å². The Bertz CT molecular complexity index is 518. The summed E-state index contributed by atoms with van der Waals surface area (Å²) < 4.78 is 14.0. The molecule has 0 unspecified atom stereocenters. The van der Waals surface area contributed by atoms with Crippen LogP contribution in [0.2, 0.25) is 0 Å². The quantitative estimate of drug-likeness (QED) is 0.780. The molecule has 1 nitrogen and oxygen atoms in total. The van der Waals surface area contributed by atoms with E-state index in [0.717, 1.165) is 5.56 Å². The van der Waals surface area contributed by atoms with E-state index in [1.807, 2.05) is 44.2 Å². The van der Waals surface area contributed by atoms with Crippen molar-refractivity contribution in [1.29, 1.82) is 0 Å². The Morgan fingerprint density at radius 3 is 2.24 bits per heavy atom. The van der Waals surface area contributed by atoms with Crippen LogP contribution >= 0.6 is 0 Å². The van der Waals surface area contributed by atoms with Crippen molar-refractivity contribution in [2.45, 2.75) is 19.3 Å². The number of halogens is 1. The fraction of sp³-hybridized carbons (Fsp3) is 0.200. The van der Waals surface area contributed by atoms with Crippen LogP contribution in [0.15, 0.2) is 48.5 Å². The van der Waals surface area contributed by atoms with E-state index in [0.29, 0.717) is 11.3 Å². The lowest BCUT2D eigenvalue weighted by atomic mass is 9.78. The molecule has 0 saturated heterocycles. The van der Waals surface area contributed by atoms with Crippen molar-refractivity contribution in [2.24, 2.45) is 0 Å². The van der Waals surface area contributed by atoms with Crippen molar-refractivity contribution in [3.8, 4) is 0 Å². The van der Waals surface area contributed by atoms with Crippen LogP contribution < -0.4 is 5.73 Å². The molecule has 0 bridgehead atoms. The highest BCUT2D eigenvalue weighted by Gasteiger charge is 2.25. The van der Waals surface area contributed by atoms with Crippen molar-refractivity contribution in [3.05, 3.63) is 65.5 Å². The largest absolute Gasteiger partial charge is 0.399 e. The van der Waals surface area contributed by atoms with Crippen LogP contribution in [0.5, 0.6) is 0 Å². The molecule has 17 heavy (non-hydrogen) atoms. The van der Waals surface area contributed by atoms with E-state index in [1.54, 1.807) is 12.1 Å². The molecule has 2 rings (SSSR count). The Morgan fingerprint density at radius 2 is 1.65 bits per heavy atom. The van der Waals surface area contributed by atoms with E-state index < -0.39 is 0 Å². The molecule has 0 radical (unpaired) electrons. The minimum Gasteiger partial charge on any atom is -0.399 e. The third kappa shape index (κ3) is 2.16. The topological polar surface area (TPSA) is 26.0 Å². The van der Waals surface area contributed by atoms with Gasteiger partial charge >= 0.3 is 0 Å². The summed E-state index contributed by atoms with van der Waals surface area (Å²) in [4.78, 5) is 0. The summed E-state index contributed by atoms with van der Waals surface area (Å²) in [6, 6.07) is 14.8. The van der Waals surface area contributed by atoms with Gasteiger partial charge in [-0.3, -0.25) is 0 Å². The first-order chi connectivity index (χ1) is 8.01. The highest BCUT2D eigenvalue weighted by atomic mass is 19.1. The van der Waals surface area contributed by atoms with Gasteiger partial charge in [-0.05, 0) is 23.3 Å². The van der Waals surface area contributed by atoms with Crippen LogP contribution in [0.3, 0.4) is 0 Å². The summed E-state index contributed by atoms with van der Waals surface area (Å²) in [6.07, 6.45) is 0. The van der Waals surface area contributed by atoms with E-state index in [2.05, 4.69) is 0 Å². The molecule has 0 aliphatic rings. The number of nitrogens with two attached hydrogens (primary N) is 1. The molecule has 0 saturated carbocycles. The zero-order chi connectivity index (χ0) is 12.5. The van der Waals surface area contributed by atoms with E-state index in [4.69, 9.17) is 5.73 Å². The predicted octanol–water partition coefficient (Wildman–Crippen LogP) is 3.73. The average molecular weight is 229 g/mol. The molecule has 2 aromatic rings. The Balaban J connectivity index is 2.52. The van der Waals surface area contributed by atoms with E-state index in [-0.39, 0.29) is 11.2 Å². The summed E-state index contributed by atoms with van der Waals surface area (Å²) in [5.41, 5.74) is 7.41. The summed E-state index contributed by atoms with van der Waals surface area (Å²) >= 11 is 0. The van der Waals surface area contributed by atoms with Gasteiger partial charge in [0.05, 0.1) is 0 Å². The summed E-state index contributed by atoms with van der Waals surface area (Å²) in [7, 11) is 0. The number of hydrogen-bond acceptors (Lipinski definition) is 1. The zero-order valence-corrected chi connectivity index (χ0v) is 10.1. The molecule has 0 heterocycles. The van der Waals surface area contributed by atoms with Gasteiger partial charge in [-0.25, -0.2) is 4.39 Å². The Hall–Kier alpha value is -1.83. The summed E-state index contributed by atoms with van der Waals surface area (Å²) in [6.45, 7) is 4.02. The van der Waals surface area contributed by atoms with Gasteiger partial charge in [-0.15, -0.1) is 0 Å². The highest BCUT2D eigenvalue weighted by molar-refractivity contribution is 5.45. The zero-order valence-electron chi connectivity index (χ0n) is 10.1. The molecular weight excluding hydrogens is 213 g/mol. The third-order valence-corrected chi connectivity index (χ3v) is 3.16. The molecule has 2 heteroatoms. The molecule has 0 aromatic heterocycles. The number of anilines is 1. The predicted molar refractivity (Wildman–Crippen MR) is 69.4 cm³/mol. The first-order valence-electron chi connectivity index (χ1n) is 5.63. The van der Waals surface area contributed by atoms with Crippen LogP contribution in [0.1, 0.15) is 25.0 Å². The first kappa shape index (κ1) is 11.6. The van der Waals surface area contributed by atoms with Gasteiger partial charge in [-0.2, -0.15) is 0 Å². The van der Waals surface area contributed by atoms with Crippen LogP contribution in [0, 0.1) is 5.82 Å². The fourth-order valence-corrected chi connectivity index (χ4v) is 2.05. The summed E-state index contributed by atoms with van der Waals surface area (Å²) in [5, 5.41) is 0. The lowest BCUT2D eigenvalue weighted by Gasteiger charge is -2.26. The number of hydrogen-bond donors (Lipinski definition) is 1.